The quantitative estimate of drug-likeness (QED) is 0.876. The number of benzene rings is 1. The summed E-state index contributed by atoms with van der Waals surface area (Å²) in [6, 6.07) is 5.38. The summed E-state index contributed by atoms with van der Waals surface area (Å²) in [7, 11) is 0. The Kier molecular flexibility index (Phi) is 4.85. The summed E-state index contributed by atoms with van der Waals surface area (Å²) in [5.74, 6) is -1.92. The van der Waals surface area contributed by atoms with Gasteiger partial charge in [-0.15, -0.1) is 0 Å². The van der Waals surface area contributed by atoms with Gasteiger partial charge >= 0.3 is 0 Å². The summed E-state index contributed by atoms with van der Waals surface area (Å²) in [5.41, 5.74) is 0.0752. The average molecular weight is 356 g/mol. The lowest BCUT2D eigenvalue weighted by Crippen LogP contribution is -2.15. The second-order valence-corrected chi connectivity index (χ2v) is 4.99. The van der Waals surface area contributed by atoms with Gasteiger partial charge in [-0.25, -0.2) is 13.8 Å². The molecule has 21 heavy (non-hydrogen) atoms. The lowest BCUT2D eigenvalue weighted by atomic mass is 10.2. The van der Waals surface area contributed by atoms with Crippen molar-refractivity contribution in [3.05, 3.63) is 52.1 Å². The van der Waals surface area contributed by atoms with Gasteiger partial charge in [0.05, 0.1) is 10.0 Å². The van der Waals surface area contributed by atoms with E-state index in [4.69, 9.17) is 0 Å². The number of carbonyl (C=O) groups is 1. The van der Waals surface area contributed by atoms with Crippen LogP contribution in [0, 0.1) is 11.6 Å². The van der Waals surface area contributed by atoms with Crippen molar-refractivity contribution in [2.45, 2.75) is 6.92 Å². The van der Waals surface area contributed by atoms with Gasteiger partial charge in [0.15, 0.2) is 11.6 Å². The normalized spacial score (nSPS) is 10.3. The van der Waals surface area contributed by atoms with Crippen LogP contribution in [-0.4, -0.2) is 17.4 Å². The molecule has 0 aliphatic heterocycles. The molecule has 0 saturated carbocycles. The number of anilines is 2. The molecule has 0 aliphatic carbocycles. The molecule has 0 fully saturated rings. The zero-order chi connectivity index (χ0) is 15.4. The third-order valence-electron chi connectivity index (χ3n) is 2.66. The molecule has 0 unspecified atom stereocenters. The van der Waals surface area contributed by atoms with Crippen molar-refractivity contribution in [1.82, 2.24) is 4.98 Å². The van der Waals surface area contributed by atoms with E-state index < -0.39 is 17.5 Å². The van der Waals surface area contributed by atoms with Crippen LogP contribution >= 0.6 is 15.9 Å². The highest BCUT2D eigenvalue weighted by Gasteiger charge is 2.16. The molecule has 2 aromatic rings. The third-order valence-corrected chi connectivity index (χ3v) is 3.30. The van der Waals surface area contributed by atoms with Crippen LogP contribution in [0.5, 0.6) is 0 Å². The predicted molar refractivity (Wildman–Crippen MR) is 80.4 cm³/mol. The standard InChI is InChI=1S/C14H12BrF2N3O/c1-2-18-13-12(17)9(5-6-19-13)14(21)20-8-3-4-10(15)11(16)7-8/h3-7H,2H2,1H3,(H,18,19)(H,20,21). The lowest BCUT2D eigenvalue weighted by molar-refractivity contribution is 0.102. The molecule has 1 amide bonds. The van der Waals surface area contributed by atoms with Gasteiger partial charge < -0.3 is 10.6 Å². The summed E-state index contributed by atoms with van der Waals surface area (Å²) in [4.78, 5) is 15.9. The molecule has 0 aliphatic rings. The number of pyridine rings is 1. The molecule has 110 valence electrons. The Hall–Kier alpha value is -2.02. The smallest absolute Gasteiger partial charge is 0.258 e. The maximum absolute atomic E-state index is 14.1. The molecule has 0 spiro atoms. The molecule has 2 N–H and O–H groups in total. The number of nitrogens with one attached hydrogen (secondary N) is 2. The lowest BCUT2D eigenvalue weighted by Gasteiger charge is -2.09. The van der Waals surface area contributed by atoms with Gasteiger partial charge in [-0.05, 0) is 47.1 Å². The molecular formula is C14H12BrF2N3O. The first kappa shape index (κ1) is 15.4. The fourth-order valence-electron chi connectivity index (χ4n) is 1.68. The maximum Gasteiger partial charge on any atom is 0.258 e. The van der Waals surface area contributed by atoms with Crippen molar-refractivity contribution >= 4 is 33.3 Å². The zero-order valence-corrected chi connectivity index (χ0v) is 12.7. The third kappa shape index (κ3) is 3.55. The fraction of sp³-hybridized carbons (Fsp3) is 0.143. The van der Waals surface area contributed by atoms with Gasteiger partial charge in [-0.2, -0.15) is 0 Å². The van der Waals surface area contributed by atoms with Crippen molar-refractivity contribution in [2.75, 3.05) is 17.2 Å². The number of aromatic nitrogens is 1. The molecule has 7 heteroatoms. The molecule has 1 heterocycles. The number of carbonyl (C=O) groups excluding carboxylic acids is 1. The van der Waals surface area contributed by atoms with Crippen molar-refractivity contribution in [3.63, 3.8) is 0 Å². The Bertz CT molecular complexity index is 679. The summed E-state index contributed by atoms with van der Waals surface area (Å²) < 4.78 is 27.8. The number of halogens is 3. The van der Waals surface area contributed by atoms with E-state index in [-0.39, 0.29) is 21.5 Å². The highest BCUT2D eigenvalue weighted by Crippen LogP contribution is 2.21. The van der Waals surface area contributed by atoms with E-state index in [2.05, 4.69) is 31.5 Å². The van der Waals surface area contributed by atoms with E-state index in [1.165, 1.54) is 24.4 Å². The van der Waals surface area contributed by atoms with Gasteiger partial charge in [-0.1, -0.05) is 0 Å². The second kappa shape index (κ2) is 6.62. The van der Waals surface area contributed by atoms with Crippen LogP contribution in [0.2, 0.25) is 0 Å². The second-order valence-electron chi connectivity index (χ2n) is 4.13. The molecule has 2 rings (SSSR count). The first-order valence-corrected chi connectivity index (χ1v) is 6.97. The number of nitrogens with zero attached hydrogens (tertiary/aromatic N) is 1. The maximum atomic E-state index is 14.1. The SMILES string of the molecule is CCNc1nccc(C(=O)Nc2ccc(Br)c(F)c2)c1F. The molecule has 0 atom stereocenters. The largest absolute Gasteiger partial charge is 0.368 e. The van der Waals surface area contributed by atoms with Crippen molar-refractivity contribution in [3.8, 4) is 0 Å². The highest BCUT2D eigenvalue weighted by atomic mass is 79.9. The summed E-state index contributed by atoms with van der Waals surface area (Å²) in [5, 5.41) is 5.16. The monoisotopic (exact) mass is 355 g/mol. The molecule has 1 aromatic heterocycles. The minimum Gasteiger partial charge on any atom is -0.368 e. The van der Waals surface area contributed by atoms with Gasteiger partial charge in [0.25, 0.3) is 5.91 Å². The van der Waals surface area contributed by atoms with Crippen LogP contribution in [0.25, 0.3) is 0 Å². The Morgan fingerprint density at radius 1 is 1.33 bits per heavy atom. The predicted octanol–water partition coefficient (Wildman–Crippen LogP) is 3.81. The Morgan fingerprint density at radius 3 is 2.76 bits per heavy atom. The van der Waals surface area contributed by atoms with Crippen LogP contribution in [0.3, 0.4) is 0 Å². The average Bonchev–Trinajstić information content (AvgIpc) is 2.45. The van der Waals surface area contributed by atoms with Crippen LogP contribution in [-0.2, 0) is 0 Å². The van der Waals surface area contributed by atoms with Crippen LogP contribution < -0.4 is 10.6 Å². The first-order valence-electron chi connectivity index (χ1n) is 6.17. The van der Waals surface area contributed by atoms with E-state index in [9.17, 15) is 13.6 Å². The number of hydrogen-bond donors (Lipinski definition) is 2. The minimum atomic E-state index is -0.741. The van der Waals surface area contributed by atoms with Gasteiger partial charge in [0.2, 0.25) is 0 Å². The minimum absolute atomic E-state index is 0.00661. The van der Waals surface area contributed by atoms with Crippen LogP contribution in [0.4, 0.5) is 20.3 Å². The topological polar surface area (TPSA) is 54.0 Å². The van der Waals surface area contributed by atoms with Gasteiger partial charge in [-0.3, -0.25) is 4.79 Å². The molecular weight excluding hydrogens is 344 g/mol. The van der Waals surface area contributed by atoms with E-state index in [1.54, 1.807) is 6.92 Å². The summed E-state index contributed by atoms with van der Waals surface area (Å²) in [6.45, 7) is 2.27. The molecule has 0 radical (unpaired) electrons. The van der Waals surface area contributed by atoms with E-state index in [0.29, 0.717) is 6.54 Å². The first-order chi connectivity index (χ1) is 10.0. The van der Waals surface area contributed by atoms with Crippen LogP contribution in [0.1, 0.15) is 17.3 Å². The Labute approximate surface area is 128 Å². The summed E-state index contributed by atoms with van der Waals surface area (Å²) >= 11 is 3.01. The number of amides is 1. The van der Waals surface area contributed by atoms with Crippen molar-refractivity contribution < 1.29 is 13.6 Å². The van der Waals surface area contributed by atoms with E-state index in [1.807, 2.05) is 0 Å². The van der Waals surface area contributed by atoms with Gasteiger partial charge in [0.1, 0.15) is 5.82 Å². The Balaban J connectivity index is 2.24. The number of rotatable bonds is 4. The zero-order valence-electron chi connectivity index (χ0n) is 11.1. The van der Waals surface area contributed by atoms with Crippen molar-refractivity contribution in [1.29, 1.82) is 0 Å². The van der Waals surface area contributed by atoms with Crippen LogP contribution in [0.15, 0.2) is 34.9 Å². The Morgan fingerprint density at radius 2 is 2.10 bits per heavy atom. The number of hydrogen-bond acceptors (Lipinski definition) is 3. The van der Waals surface area contributed by atoms with E-state index >= 15 is 0 Å². The van der Waals surface area contributed by atoms with Crippen molar-refractivity contribution in [2.24, 2.45) is 0 Å². The highest BCUT2D eigenvalue weighted by molar-refractivity contribution is 9.10. The van der Waals surface area contributed by atoms with E-state index in [0.717, 1.165) is 6.07 Å². The summed E-state index contributed by atoms with van der Waals surface area (Å²) in [6.07, 6.45) is 1.33. The molecule has 0 bridgehead atoms. The fourth-order valence-corrected chi connectivity index (χ4v) is 1.93. The molecule has 4 nitrogen and oxygen atoms in total. The van der Waals surface area contributed by atoms with Gasteiger partial charge in [0, 0.05) is 18.4 Å². The molecule has 0 saturated heterocycles. The molecule has 1 aromatic carbocycles.